The van der Waals surface area contributed by atoms with Gasteiger partial charge in [-0.1, -0.05) is 53.3 Å². The molecule has 3 rings (SSSR count). The highest BCUT2D eigenvalue weighted by Crippen LogP contribution is 2.27. The predicted molar refractivity (Wildman–Crippen MR) is 89.4 cm³/mol. The first kappa shape index (κ1) is 15.0. The second-order valence-electron chi connectivity index (χ2n) is 4.66. The first-order chi connectivity index (χ1) is 10.7. The number of halogens is 1. The molecule has 4 nitrogen and oxygen atoms in total. The van der Waals surface area contributed by atoms with Crippen molar-refractivity contribution in [2.75, 3.05) is 11.9 Å². The number of benzene rings is 2. The van der Waals surface area contributed by atoms with Crippen LogP contribution in [0.2, 0.25) is 5.02 Å². The molecule has 0 spiro atoms. The van der Waals surface area contributed by atoms with E-state index >= 15 is 0 Å². The van der Waals surface area contributed by atoms with Gasteiger partial charge in [-0.05, 0) is 23.8 Å². The number of fused-ring (bicyclic) bond motifs is 1. The lowest BCUT2D eigenvalue weighted by atomic mass is 10.2. The van der Waals surface area contributed by atoms with Gasteiger partial charge >= 0.3 is 0 Å². The van der Waals surface area contributed by atoms with Crippen molar-refractivity contribution >= 4 is 44.2 Å². The lowest BCUT2D eigenvalue weighted by Gasteiger charge is -2.04. The van der Waals surface area contributed by atoms with Crippen LogP contribution < -0.4 is 5.32 Å². The minimum absolute atomic E-state index is 0.00836. The summed E-state index contributed by atoms with van der Waals surface area (Å²) in [6.07, 6.45) is 0. The zero-order valence-corrected chi connectivity index (χ0v) is 13.2. The smallest absolute Gasteiger partial charge is 0.252 e. The number of aromatic nitrogens is 1. The first-order valence-corrected chi connectivity index (χ1v) is 7.88. The van der Waals surface area contributed by atoms with Crippen LogP contribution in [-0.2, 0) is 16.1 Å². The van der Waals surface area contributed by atoms with Crippen molar-refractivity contribution in [2.24, 2.45) is 0 Å². The Kier molecular flexibility index (Phi) is 4.68. The molecule has 112 valence electrons. The molecule has 0 aliphatic carbocycles. The molecule has 1 amide bonds. The minimum atomic E-state index is -0.221. The maximum atomic E-state index is 11.9. The molecule has 1 heterocycles. The molecule has 0 radical (unpaired) electrons. The standard InChI is InChI=1S/C16H13ClN2O2S/c17-12-6-7-14-13(8-12)18-16(22-14)19-15(20)10-21-9-11-4-2-1-3-5-11/h1-8H,9-10H2,(H,18,19,20). The van der Waals surface area contributed by atoms with Crippen molar-refractivity contribution in [1.29, 1.82) is 0 Å². The average Bonchev–Trinajstić information content (AvgIpc) is 2.89. The van der Waals surface area contributed by atoms with Crippen molar-refractivity contribution in [2.45, 2.75) is 6.61 Å². The summed E-state index contributed by atoms with van der Waals surface area (Å²) >= 11 is 7.32. The number of carbonyl (C=O) groups is 1. The lowest BCUT2D eigenvalue weighted by Crippen LogP contribution is -2.18. The number of rotatable bonds is 5. The van der Waals surface area contributed by atoms with Gasteiger partial charge in [0.25, 0.3) is 5.91 Å². The number of thiazole rings is 1. The number of carbonyl (C=O) groups excluding carboxylic acids is 1. The molecular weight excluding hydrogens is 320 g/mol. The Morgan fingerprint density at radius 1 is 1.23 bits per heavy atom. The van der Waals surface area contributed by atoms with E-state index in [1.165, 1.54) is 11.3 Å². The highest BCUT2D eigenvalue weighted by atomic mass is 35.5. The molecule has 0 aliphatic rings. The number of amides is 1. The Bertz CT molecular complexity index is 789. The molecule has 22 heavy (non-hydrogen) atoms. The summed E-state index contributed by atoms with van der Waals surface area (Å²) in [6, 6.07) is 15.2. The Morgan fingerprint density at radius 3 is 2.86 bits per heavy atom. The SMILES string of the molecule is O=C(COCc1ccccc1)Nc1nc2cc(Cl)ccc2s1. The lowest BCUT2D eigenvalue weighted by molar-refractivity contribution is -0.121. The van der Waals surface area contributed by atoms with E-state index in [1.54, 1.807) is 12.1 Å². The van der Waals surface area contributed by atoms with E-state index in [-0.39, 0.29) is 12.5 Å². The quantitative estimate of drug-likeness (QED) is 0.765. The summed E-state index contributed by atoms with van der Waals surface area (Å²) in [5.41, 5.74) is 1.81. The zero-order valence-electron chi connectivity index (χ0n) is 11.6. The average molecular weight is 333 g/mol. The number of nitrogens with zero attached hydrogens (tertiary/aromatic N) is 1. The molecule has 6 heteroatoms. The number of nitrogens with one attached hydrogen (secondary N) is 1. The minimum Gasteiger partial charge on any atom is -0.367 e. The number of hydrogen-bond acceptors (Lipinski definition) is 4. The molecule has 0 bridgehead atoms. The molecule has 0 unspecified atom stereocenters. The van der Waals surface area contributed by atoms with Crippen molar-refractivity contribution in [3.05, 3.63) is 59.1 Å². The van der Waals surface area contributed by atoms with E-state index in [2.05, 4.69) is 10.3 Å². The van der Waals surface area contributed by atoms with Crippen molar-refractivity contribution in [3.8, 4) is 0 Å². The molecule has 0 saturated heterocycles. The summed E-state index contributed by atoms with van der Waals surface area (Å²) in [4.78, 5) is 16.2. The van der Waals surface area contributed by atoms with Gasteiger partial charge in [-0.3, -0.25) is 10.1 Å². The summed E-state index contributed by atoms with van der Waals surface area (Å²) in [6.45, 7) is 0.398. The summed E-state index contributed by atoms with van der Waals surface area (Å²) in [5.74, 6) is -0.221. The van der Waals surface area contributed by atoms with Crippen LogP contribution in [0.5, 0.6) is 0 Å². The monoisotopic (exact) mass is 332 g/mol. The van der Waals surface area contributed by atoms with Gasteiger partial charge in [0, 0.05) is 5.02 Å². The highest BCUT2D eigenvalue weighted by Gasteiger charge is 2.08. The van der Waals surface area contributed by atoms with E-state index in [9.17, 15) is 4.79 Å². The van der Waals surface area contributed by atoms with Crippen LogP contribution in [0.4, 0.5) is 5.13 Å². The maximum Gasteiger partial charge on any atom is 0.252 e. The van der Waals surface area contributed by atoms with Crippen LogP contribution in [0, 0.1) is 0 Å². The third-order valence-electron chi connectivity index (χ3n) is 2.94. The normalized spacial score (nSPS) is 10.8. The van der Waals surface area contributed by atoms with E-state index in [0.29, 0.717) is 16.8 Å². The third kappa shape index (κ3) is 3.82. The van der Waals surface area contributed by atoms with Crippen LogP contribution in [0.1, 0.15) is 5.56 Å². The molecule has 0 fully saturated rings. The summed E-state index contributed by atoms with van der Waals surface area (Å²) in [7, 11) is 0. The molecule has 1 N–H and O–H groups in total. The van der Waals surface area contributed by atoms with E-state index in [1.807, 2.05) is 36.4 Å². The van der Waals surface area contributed by atoms with Crippen LogP contribution in [0.3, 0.4) is 0 Å². The number of hydrogen-bond donors (Lipinski definition) is 1. The van der Waals surface area contributed by atoms with Crippen molar-refractivity contribution in [1.82, 2.24) is 4.98 Å². The summed E-state index contributed by atoms with van der Waals surface area (Å²) < 4.78 is 6.37. The molecule has 2 aromatic carbocycles. The molecular formula is C16H13ClN2O2S. The van der Waals surface area contributed by atoms with Gasteiger partial charge in [-0.2, -0.15) is 0 Å². The Balaban J connectivity index is 1.54. The van der Waals surface area contributed by atoms with Gasteiger partial charge in [-0.15, -0.1) is 0 Å². The topological polar surface area (TPSA) is 51.2 Å². The second-order valence-corrected chi connectivity index (χ2v) is 6.12. The fraction of sp³-hybridized carbons (Fsp3) is 0.125. The van der Waals surface area contributed by atoms with Crippen LogP contribution in [0.15, 0.2) is 48.5 Å². The van der Waals surface area contributed by atoms with Gasteiger partial charge in [0.05, 0.1) is 16.8 Å². The van der Waals surface area contributed by atoms with Crippen molar-refractivity contribution in [3.63, 3.8) is 0 Å². The van der Waals surface area contributed by atoms with Crippen LogP contribution in [0.25, 0.3) is 10.2 Å². The van der Waals surface area contributed by atoms with Crippen LogP contribution >= 0.6 is 22.9 Å². The Labute approximate surface area is 136 Å². The predicted octanol–water partition coefficient (Wildman–Crippen LogP) is 4.11. The number of anilines is 1. The number of ether oxygens (including phenoxy) is 1. The van der Waals surface area contributed by atoms with Gasteiger partial charge in [0.2, 0.25) is 0 Å². The van der Waals surface area contributed by atoms with Gasteiger partial charge in [0.1, 0.15) is 6.61 Å². The largest absolute Gasteiger partial charge is 0.367 e. The molecule has 0 aliphatic heterocycles. The highest BCUT2D eigenvalue weighted by molar-refractivity contribution is 7.22. The van der Waals surface area contributed by atoms with Gasteiger partial charge in [0.15, 0.2) is 5.13 Å². The molecule has 1 aromatic heterocycles. The van der Waals surface area contributed by atoms with E-state index < -0.39 is 0 Å². The fourth-order valence-corrected chi connectivity index (χ4v) is 2.97. The maximum absolute atomic E-state index is 11.9. The van der Waals surface area contributed by atoms with E-state index in [4.69, 9.17) is 16.3 Å². The Hall–Kier alpha value is -1.95. The molecule has 3 aromatic rings. The zero-order chi connectivity index (χ0) is 15.4. The van der Waals surface area contributed by atoms with Crippen LogP contribution in [-0.4, -0.2) is 17.5 Å². The first-order valence-electron chi connectivity index (χ1n) is 6.68. The van der Waals surface area contributed by atoms with Crippen molar-refractivity contribution < 1.29 is 9.53 Å². The third-order valence-corrected chi connectivity index (χ3v) is 4.13. The Morgan fingerprint density at radius 2 is 2.05 bits per heavy atom. The van der Waals surface area contributed by atoms with Gasteiger partial charge < -0.3 is 4.74 Å². The molecule has 0 saturated carbocycles. The fourth-order valence-electron chi connectivity index (χ4n) is 1.95. The second kappa shape index (κ2) is 6.87. The summed E-state index contributed by atoms with van der Waals surface area (Å²) in [5, 5.41) is 3.91. The molecule has 0 atom stereocenters. The van der Waals surface area contributed by atoms with E-state index in [0.717, 1.165) is 15.8 Å². The van der Waals surface area contributed by atoms with Gasteiger partial charge in [-0.25, -0.2) is 4.98 Å².